The van der Waals surface area contributed by atoms with E-state index in [1.165, 1.54) is 30.6 Å². The number of hydrogen-bond donors (Lipinski definition) is 3. The fourth-order valence-corrected chi connectivity index (χ4v) is 3.42. The molecule has 0 aliphatic carbocycles. The number of urea groups is 1. The smallest absolute Gasteiger partial charge is 0.319 e. The minimum absolute atomic E-state index is 0.0121. The number of amides is 3. The maximum atomic E-state index is 12.1. The van der Waals surface area contributed by atoms with Crippen molar-refractivity contribution in [2.45, 2.75) is 31.8 Å². The molecule has 8 heteroatoms. The molecular formula is C19H28N4O4. The van der Waals surface area contributed by atoms with Crippen LogP contribution >= 0.6 is 0 Å². The molecule has 3 N–H and O–H groups in total. The van der Waals surface area contributed by atoms with E-state index >= 15 is 0 Å². The first-order chi connectivity index (χ1) is 13.0. The Hall–Kier alpha value is -2.32. The van der Waals surface area contributed by atoms with Crippen LogP contribution in [0.4, 0.5) is 16.2 Å². The number of nitrogens with one attached hydrogen (secondary N) is 2. The molecule has 2 aliphatic heterocycles. The molecule has 0 spiro atoms. The summed E-state index contributed by atoms with van der Waals surface area (Å²) in [7, 11) is 1.69. The number of ether oxygens (including phenoxy) is 1. The molecule has 0 bridgehead atoms. The third-order valence-corrected chi connectivity index (χ3v) is 4.97. The Kier molecular flexibility index (Phi) is 6.52. The molecule has 1 saturated heterocycles. The number of anilines is 2. The van der Waals surface area contributed by atoms with Crippen LogP contribution in [0.5, 0.6) is 5.75 Å². The molecule has 1 atom stereocenters. The Morgan fingerprint density at radius 2 is 2.00 bits per heavy atom. The first-order valence-corrected chi connectivity index (χ1v) is 9.51. The zero-order chi connectivity index (χ0) is 19.2. The number of β-amino-alcohol motifs (C(OH)–C–C–N with tert-alkyl or cyclic N) is 1. The molecule has 2 aliphatic rings. The van der Waals surface area contributed by atoms with Gasteiger partial charge in [-0.3, -0.25) is 4.79 Å². The molecule has 0 saturated carbocycles. The zero-order valence-corrected chi connectivity index (χ0v) is 15.7. The second-order valence-electron chi connectivity index (χ2n) is 7.13. The Balaban J connectivity index is 1.46. The number of likely N-dealkylation sites (N-methyl/N-ethyl adjacent to an activating group) is 1. The summed E-state index contributed by atoms with van der Waals surface area (Å²) in [5, 5.41) is 15.6. The van der Waals surface area contributed by atoms with Crippen LogP contribution < -0.4 is 20.3 Å². The van der Waals surface area contributed by atoms with E-state index in [0.717, 1.165) is 13.1 Å². The molecule has 0 radical (unpaired) electrons. The lowest BCUT2D eigenvalue weighted by Crippen LogP contribution is -2.41. The van der Waals surface area contributed by atoms with Crippen molar-refractivity contribution in [3.8, 4) is 5.75 Å². The molecule has 148 valence electrons. The van der Waals surface area contributed by atoms with E-state index in [1.54, 1.807) is 25.2 Å². The molecule has 2 heterocycles. The number of nitrogens with zero attached hydrogens (tertiary/aromatic N) is 2. The monoisotopic (exact) mass is 376 g/mol. The molecule has 3 rings (SSSR count). The summed E-state index contributed by atoms with van der Waals surface area (Å²) in [4.78, 5) is 27.5. The van der Waals surface area contributed by atoms with E-state index in [9.17, 15) is 14.7 Å². The van der Waals surface area contributed by atoms with Crippen LogP contribution in [0.1, 0.15) is 25.7 Å². The lowest BCUT2D eigenvalue weighted by molar-refractivity contribution is -0.120. The summed E-state index contributed by atoms with van der Waals surface area (Å²) in [6.07, 6.45) is 4.24. The van der Waals surface area contributed by atoms with Crippen molar-refractivity contribution >= 4 is 23.3 Å². The molecule has 1 aromatic rings. The highest BCUT2D eigenvalue weighted by Gasteiger charge is 2.22. The molecule has 27 heavy (non-hydrogen) atoms. The molecule has 0 aromatic heterocycles. The van der Waals surface area contributed by atoms with Crippen LogP contribution in [-0.2, 0) is 4.79 Å². The van der Waals surface area contributed by atoms with Gasteiger partial charge >= 0.3 is 6.03 Å². The van der Waals surface area contributed by atoms with Crippen LogP contribution in [0.15, 0.2) is 18.2 Å². The standard InChI is InChI=1S/C19H28N4O4/c1-22-16-7-6-14(10-17(16)27-13-18(22)25)21-19(26)20-11-15(24)12-23-8-4-2-3-5-9-23/h6-7,10,15,24H,2-5,8-9,11-13H2,1H3,(H2,20,21,26)/t15-/m1/s1. The van der Waals surface area contributed by atoms with Gasteiger partial charge in [0, 0.05) is 31.9 Å². The van der Waals surface area contributed by atoms with Crippen LogP contribution in [0.3, 0.4) is 0 Å². The van der Waals surface area contributed by atoms with Crippen molar-refractivity contribution in [1.82, 2.24) is 10.2 Å². The number of likely N-dealkylation sites (tertiary alicyclic amines) is 1. The fourth-order valence-electron chi connectivity index (χ4n) is 3.42. The number of hydrogen-bond acceptors (Lipinski definition) is 5. The van der Waals surface area contributed by atoms with E-state index < -0.39 is 6.10 Å². The summed E-state index contributed by atoms with van der Waals surface area (Å²) in [5.41, 5.74) is 1.24. The molecule has 1 fully saturated rings. The maximum Gasteiger partial charge on any atom is 0.319 e. The Bertz CT molecular complexity index is 674. The lowest BCUT2D eigenvalue weighted by atomic mass is 10.2. The number of aliphatic hydroxyl groups is 1. The van der Waals surface area contributed by atoms with Gasteiger partial charge in [0.15, 0.2) is 6.61 Å². The normalized spacial score (nSPS) is 18.9. The van der Waals surface area contributed by atoms with Gasteiger partial charge in [-0.05, 0) is 38.1 Å². The first-order valence-electron chi connectivity index (χ1n) is 9.51. The Morgan fingerprint density at radius 3 is 2.74 bits per heavy atom. The molecular weight excluding hydrogens is 348 g/mol. The van der Waals surface area contributed by atoms with E-state index in [2.05, 4.69) is 15.5 Å². The number of benzene rings is 1. The highest BCUT2D eigenvalue weighted by atomic mass is 16.5. The molecule has 1 aromatic carbocycles. The molecule has 0 unspecified atom stereocenters. The topological polar surface area (TPSA) is 94.1 Å². The minimum atomic E-state index is -0.597. The number of carbonyl (C=O) groups excluding carboxylic acids is 2. The summed E-state index contributed by atoms with van der Waals surface area (Å²) in [6.45, 7) is 2.78. The first kappa shape index (κ1) is 19.4. The third-order valence-electron chi connectivity index (χ3n) is 4.97. The third kappa shape index (κ3) is 5.33. The van der Waals surface area contributed by atoms with E-state index in [0.29, 0.717) is 23.7 Å². The van der Waals surface area contributed by atoms with Crippen molar-refractivity contribution in [1.29, 1.82) is 0 Å². The van der Waals surface area contributed by atoms with Crippen LogP contribution in [0.2, 0.25) is 0 Å². The SMILES string of the molecule is CN1C(=O)COc2cc(NC(=O)NC[C@@H](O)CN3CCCCCC3)ccc21. The van der Waals surface area contributed by atoms with Gasteiger partial charge in [0.1, 0.15) is 5.75 Å². The van der Waals surface area contributed by atoms with Crippen molar-refractivity contribution in [3.63, 3.8) is 0 Å². The minimum Gasteiger partial charge on any atom is -0.481 e. The number of aliphatic hydroxyl groups excluding tert-OH is 1. The van der Waals surface area contributed by atoms with Crippen molar-refractivity contribution in [2.75, 3.05) is 50.1 Å². The lowest BCUT2D eigenvalue weighted by Gasteiger charge is -2.26. The number of fused-ring (bicyclic) bond motifs is 1. The Morgan fingerprint density at radius 1 is 1.26 bits per heavy atom. The second kappa shape index (κ2) is 9.05. The van der Waals surface area contributed by atoms with E-state index in [-0.39, 0.29) is 25.1 Å². The van der Waals surface area contributed by atoms with Crippen LogP contribution in [0, 0.1) is 0 Å². The average molecular weight is 376 g/mol. The molecule has 3 amide bonds. The zero-order valence-electron chi connectivity index (χ0n) is 15.7. The van der Waals surface area contributed by atoms with Gasteiger partial charge in [-0.2, -0.15) is 0 Å². The second-order valence-corrected chi connectivity index (χ2v) is 7.13. The van der Waals surface area contributed by atoms with Gasteiger partial charge in [0.25, 0.3) is 5.91 Å². The summed E-state index contributed by atoms with van der Waals surface area (Å²) < 4.78 is 5.41. The predicted octanol–water partition coefficient (Wildman–Crippen LogP) is 1.40. The predicted molar refractivity (Wildman–Crippen MR) is 103 cm³/mol. The highest BCUT2D eigenvalue weighted by Crippen LogP contribution is 2.33. The fraction of sp³-hybridized carbons (Fsp3) is 0.579. The average Bonchev–Trinajstić information content (AvgIpc) is 2.92. The van der Waals surface area contributed by atoms with Crippen molar-refractivity contribution in [2.24, 2.45) is 0 Å². The van der Waals surface area contributed by atoms with Crippen LogP contribution in [-0.4, -0.2) is 67.9 Å². The summed E-state index contributed by atoms with van der Waals surface area (Å²) in [5.74, 6) is 0.440. The van der Waals surface area contributed by atoms with Crippen molar-refractivity contribution < 1.29 is 19.4 Å². The van der Waals surface area contributed by atoms with Gasteiger partial charge in [-0.15, -0.1) is 0 Å². The summed E-state index contributed by atoms with van der Waals surface area (Å²) >= 11 is 0. The Labute approximate surface area is 159 Å². The van der Waals surface area contributed by atoms with Gasteiger partial charge < -0.3 is 30.3 Å². The van der Waals surface area contributed by atoms with Gasteiger partial charge in [-0.1, -0.05) is 12.8 Å². The van der Waals surface area contributed by atoms with E-state index in [1.807, 2.05) is 0 Å². The number of carbonyl (C=O) groups is 2. The highest BCUT2D eigenvalue weighted by molar-refractivity contribution is 5.98. The molecule has 8 nitrogen and oxygen atoms in total. The van der Waals surface area contributed by atoms with E-state index in [4.69, 9.17) is 4.74 Å². The maximum absolute atomic E-state index is 12.1. The van der Waals surface area contributed by atoms with Gasteiger partial charge in [0.2, 0.25) is 0 Å². The quantitative estimate of drug-likeness (QED) is 0.722. The van der Waals surface area contributed by atoms with Gasteiger partial charge in [-0.25, -0.2) is 4.79 Å². The number of rotatable bonds is 5. The summed E-state index contributed by atoms with van der Waals surface area (Å²) in [6, 6.07) is 4.75. The van der Waals surface area contributed by atoms with Crippen molar-refractivity contribution in [3.05, 3.63) is 18.2 Å². The van der Waals surface area contributed by atoms with Crippen LogP contribution in [0.25, 0.3) is 0 Å². The largest absolute Gasteiger partial charge is 0.481 e. The van der Waals surface area contributed by atoms with Gasteiger partial charge in [0.05, 0.1) is 11.8 Å².